The fourth-order valence-electron chi connectivity index (χ4n) is 3.71. The van der Waals surface area contributed by atoms with Crippen molar-refractivity contribution in [1.82, 2.24) is 10.2 Å². The minimum absolute atomic E-state index is 0.0517. The molecule has 1 saturated heterocycles. The third-order valence-corrected chi connectivity index (χ3v) is 5.58. The van der Waals surface area contributed by atoms with Crippen molar-refractivity contribution in [2.45, 2.75) is 18.9 Å². The second kappa shape index (κ2) is 9.91. The van der Waals surface area contributed by atoms with E-state index in [1.165, 1.54) is 12.1 Å². The van der Waals surface area contributed by atoms with E-state index in [-0.39, 0.29) is 22.7 Å². The van der Waals surface area contributed by atoms with Crippen molar-refractivity contribution in [3.05, 3.63) is 58.9 Å². The molecule has 1 aliphatic heterocycles. The van der Waals surface area contributed by atoms with Crippen LogP contribution in [0, 0.1) is 11.7 Å². The van der Waals surface area contributed by atoms with E-state index in [0.717, 1.165) is 43.3 Å². The van der Waals surface area contributed by atoms with Crippen LogP contribution in [-0.4, -0.2) is 50.0 Å². The van der Waals surface area contributed by atoms with Crippen LogP contribution in [0.1, 0.15) is 12.0 Å². The first-order valence-electron chi connectivity index (χ1n) is 9.74. The lowest BCUT2D eigenvalue weighted by molar-refractivity contribution is -0.137. The number of likely N-dealkylation sites (tertiary alicyclic amines) is 1. The second-order valence-electron chi connectivity index (χ2n) is 7.53. The quantitative estimate of drug-likeness (QED) is 0.711. The summed E-state index contributed by atoms with van der Waals surface area (Å²) in [6.45, 7) is 1.62. The van der Waals surface area contributed by atoms with Gasteiger partial charge in [-0.05, 0) is 68.2 Å². The third kappa shape index (κ3) is 5.70. The van der Waals surface area contributed by atoms with Gasteiger partial charge >= 0.3 is 11.8 Å². The van der Waals surface area contributed by atoms with Crippen molar-refractivity contribution in [3.8, 4) is 5.75 Å². The number of methoxy groups -OCH3 is 1. The van der Waals surface area contributed by atoms with E-state index >= 15 is 0 Å². The number of halogens is 2. The Kier molecular flexibility index (Phi) is 7.29. The number of carbonyl (C=O) groups is 2. The molecular weight excluding hydrogens is 409 g/mol. The van der Waals surface area contributed by atoms with Crippen LogP contribution in [0.5, 0.6) is 5.75 Å². The number of rotatable bonds is 5. The summed E-state index contributed by atoms with van der Waals surface area (Å²) in [5.74, 6) is -1.32. The lowest BCUT2D eigenvalue weighted by Crippen LogP contribution is -2.52. The van der Waals surface area contributed by atoms with Crippen molar-refractivity contribution in [2.75, 3.05) is 32.6 Å². The summed E-state index contributed by atoms with van der Waals surface area (Å²) in [6.07, 6.45) is 1.48. The number of piperidine rings is 1. The normalized spacial score (nSPS) is 19.2. The van der Waals surface area contributed by atoms with E-state index < -0.39 is 17.6 Å². The van der Waals surface area contributed by atoms with Gasteiger partial charge in [-0.25, -0.2) is 4.39 Å². The predicted molar refractivity (Wildman–Crippen MR) is 114 cm³/mol. The molecule has 0 radical (unpaired) electrons. The van der Waals surface area contributed by atoms with E-state index in [9.17, 15) is 14.0 Å². The predicted octanol–water partition coefficient (Wildman–Crippen LogP) is 3.11. The molecule has 2 unspecified atom stereocenters. The SMILES string of the molecule is COc1cccc(CC2CN(C)CCC2NC(=O)C(=O)Nc2ccc(Cl)c(F)c2)c1. The van der Waals surface area contributed by atoms with E-state index in [4.69, 9.17) is 16.3 Å². The summed E-state index contributed by atoms with van der Waals surface area (Å²) in [5, 5.41) is 5.22. The highest BCUT2D eigenvalue weighted by Gasteiger charge is 2.30. The van der Waals surface area contributed by atoms with Crippen LogP contribution in [0.2, 0.25) is 5.02 Å². The fraction of sp³-hybridized carbons (Fsp3) is 0.364. The Labute approximate surface area is 180 Å². The molecule has 0 bridgehead atoms. The second-order valence-corrected chi connectivity index (χ2v) is 7.94. The van der Waals surface area contributed by atoms with E-state index in [0.29, 0.717) is 0 Å². The molecule has 0 aliphatic carbocycles. The van der Waals surface area contributed by atoms with Crippen LogP contribution in [0.15, 0.2) is 42.5 Å². The first-order chi connectivity index (χ1) is 14.4. The molecule has 30 heavy (non-hydrogen) atoms. The maximum absolute atomic E-state index is 13.6. The van der Waals surface area contributed by atoms with Crippen LogP contribution in [0.3, 0.4) is 0 Å². The molecule has 0 saturated carbocycles. The topological polar surface area (TPSA) is 70.7 Å². The third-order valence-electron chi connectivity index (χ3n) is 5.27. The van der Waals surface area contributed by atoms with Gasteiger partial charge in [0.15, 0.2) is 0 Å². The molecule has 2 N–H and O–H groups in total. The number of hydrogen-bond acceptors (Lipinski definition) is 4. The van der Waals surface area contributed by atoms with Gasteiger partial charge in [0.05, 0.1) is 12.1 Å². The maximum atomic E-state index is 13.6. The van der Waals surface area contributed by atoms with Crippen molar-refractivity contribution in [2.24, 2.45) is 5.92 Å². The van der Waals surface area contributed by atoms with Crippen molar-refractivity contribution in [1.29, 1.82) is 0 Å². The Balaban J connectivity index is 1.65. The highest BCUT2D eigenvalue weighted by molar-refractivity contribution is 6.39. The molecule has 2 aromatic rings. The van der Waals surface area contributed by atoms with Crippen LogP contribution in [0.4, 0.5) is 10.1 Å². The first kappa shape index (κ1) is 22.1. The standard InChI is InChI=1S/C22H25ClFN3O3/c1-27-9-8-20(15(13-27)10-14-4-3-5-17(11-14)30-2)26-22(29)21(28)25-16-6-7-18(23)19(24)12-16/h3-7,11-12,15,20H,8-10,13H2,1-2H3,(H,25,28)(H,26,29). The van der Waals surface area contributed by atoms with E-state index in [2.05, 4.69) is 15.5 Å². The van der Waals surface area contributed by atoms with Crippen molar-refractivity contribution < 1.29 is 18.7 Å². The summed E-state index contributed by atoms with van der Waals surface area (Å²) < 4.78 is 18.8. The molecule has 2 amide bonds. The van der Waals surface area contributed by atoms with Gasteiger partial charge in [0.1, 0.15) is 11.6 Å². The Morgan fingerprint density at radius 2 is 2.03 bits per heavy atom. The molecule has 1 fully saturated rings. The van der Waals surface area contributed by atoms with Gasteiger partial charge in [-0.1, -0.05) is 23.7 Å². The van der Waals surface area contributed by atoms with Crippen molar-refractivity contribution in [3.63, 3.8) is 0 Å². The Bertz CT molecular complexity index is 924. The van der Waals surface area contributed by atoms with Crippen LogP contribution < -0.4 is 15.4 Å². The van der Waals surface area contributed by atoms with Crippen LogP contribution in [-0.2, 0) is 16.0 Å². The monoisotopic (exact) mass is 433 g/mol. The molecular formula is C22H25ClFN3O3. The van der Waals surface area contributed by atoms with Gasteiger partial charge in [-0.2, -0.15) is 0 Å². The summed E-state index contributed by atoms with van der Waals surface area (Å²) in [6, 6.07) is 11.5. The maximum Gasteiger partial charge on any atom is 0.313 e. The average Bonchev–Trinajstić information content (AvgIpc) is 2.72. The number of ether oxygens (including phenoxy) is 1. The molecule has 160 valence electrons. The van der Waals surface area contributed by atoms with E-state index in [1.54, 1.807) is 7.11 Å². The van der Waals surface area contributed by atoms with Gasteiger partial charge in [0.2, 0.25) is 0 Å². The number of nitrogens with one attached hydrogen (secondary N) is 2. The lowest BCUT2D eigenvalue weighted by Gasteiger charge is -2.37. The van der Waals surface area contributed by atoms with Crippen molar-refractivity contribution >= 4 is 29.1 Å². The number of carbonyl (C=O) groups excluding carboxylic acids is 2. The summed E-state index contributed by atoms with van der Waals surface area (Å²) in [5.41, 5.74) is 1.28. The molecule has 0 aromatic heterocycles. The molecule has 2 atom stereocenters. The molecule has 6 nitrogen and oxygen atoms in total. The van der Waals surface area contributed by atoms with Gasteiger partial charge < -0.3 is 20.3 Å². The zero-order valence-electron chi connectivity index (χ0n) is 17.0. The smallest absolute Gasteiger partial charge is 0.313 e. The first-order valence-corrected chi connectivity index (χ1v) is 10.1. The lowest BCUT2D eigenvalue weighted by atomic mass is 9.86. The van der Waals surface area contributed by atoms with Crippen LogP contribution in [0.25, 0.3) is 0 Å². The average molecular weight is 434 g/mol. The zero-order chi connectivity index (χ0) is 21.7. The molecule has 2 aromatic carbocycles. The zero-order valence-corrected chi connectivity index (χ0v) is 17.7. The van der Waals surface area contributed by atoms with E-state index in [1.807, 2.05) is 31.3 Å². The number of nitrogens with zero attached hydrogens (tertiary/aromatic N) is 1. The Morgan fingerprint density at radius 1 is 1.23 bits per heavy atom. The largest absolute Gasteiger partial charge is 0.497 e. The molecule has 1 aliphatic rings. The molecule has 0 spiro atoms. The number of anilines is 1. The summed E-state index contributed by atoms with van der Waals surface area (Å²) >= 11 is 5.64. The molecule has 3 rings (SSSR count). The number of benzene rings is 2. The minimum atomic E-state index is -0.837. The highest BCUT2D eigenvalue weighted by Crippen LogP contribution is 2.23. The molecule has 8 heteroatoms. The number of hydrogen-bond donors (Lipinski definition) is 2. The van der Waals surface area contributed by atoms with Crippen LogP contribution >= 0.6 is 11.6 Å². The highest BCUT2D eigenvalue weighted by atomic mass is 35.5. The Morgan fingerprint density at radius 3 is 2.77 bits per heavy atom. The summed E-state index contributed by atoms with van der Waals surface area (Å²) in [4.78, 5) is 27.0. The van der Waals surface area contributed by atoms with Gasteiger partial charge in [-0.3, -0.25) is 9.59 Å². The fourth-order valence-corrected chi connectivity index (χ4v) is 3.83. The van der Waals surface area contributed by atoms with Gasteiger partial charge in [-0.15, -0.1) is 0 Å². The Hall–Kier alpha value is -2.64. The van der Waals surface area contributed by atoms with Gasteiger partial charge in [0, 0.05) is 18.3 Å². The molecule has 1 heterocycles. The number of amides is 2. The minimum Gasteiger partial charge on any atom is -0.497 e. The van der Waals surface area contributed by atoms with Gasteiger partial charge in [0.25, 0.3) is 0 Å². The summed E-state index contributed by atoms with van der Waals surface area (Å²) in [7, 11) is 3.67.